The van der Waals surface area contributed by atoms with Gasteiger partial charge in [-0.05, 0) is 48.7 Å². The molecule has 1 atom stereocenters. The van der Waals surface area contributed by atoms with Crippen molar-refractivity contribution >= 4 is 0 Å². The lowest BCUT2D eigenvalue weighted by molar-refractivity contribution is 0.469. The second-order valence-corrected chi connectivity index (χ2v) is 4.92. The lowest BCUT2D eigenvalue weighted by atomic mass is 9.86. The van der Waals surface area contributed by atoms with Crippen LogP contribution in [0.5, 0.6) is 5.75 Å². The Kier molecular flexibility index (Phi) is 3.53. The summed E-state index contributed by atoms with van der Waals surface area (Å²) >= 11 is 0. The summed E-state index contributed by atoms with van der Waals surface area (Å²) in [7, 11) is 0. The van der Waals surface area contributed by atoms with E-state index in [1.54, 1.807) is 31.2 Å². The zero-order valence-electron chi connectivity index (χ0n) is 10.5. The van der Waals surface area contributed by atoms with Crippen LogP contribution >= 0.6 is 0 Å². The quantitative estimate of drug-likeness (QED) is 0.894. The Labute approximate surface area is 110 Å². The summed E-state index contributed by atoms with van der Waals surface area (Å²) in [5, 5.41) is 9.21. The van der Waals surface area contributed by atoms with Crippen molar-refractivity contribution in [3.63, 3.8) is 0 Å². The van der Waals surface area contributed by atoms with E-state index >= 15 is 0 Å². The van der Waals surface area contributed by atoms with Crippen molar-refractivity contribution in [1.29, 1.82) is 0 Å². The Hall–Kier alpha value is -1.94. The van der Waals surface area contributed by atoms with Gasteiger partial charge < -0.3 is 10.8 Å². The zero-order valence-corrected chi connectivity index (χ0v) is 10.5. The molecule has 0 amide bonds. The standard InChI is InChI=1S/C15H15F2NO/c1-15(18,9-10-2-4-14(19)5-3-10)11-6-12(16)8-13(17)7-11/h2-8,19H,9,18H2,1H3. The first kappa shape index (κ1) is 13.5. The number of hydrogen-bond acceptors (Lipinski definition) is 2. The van der Waals surface area contributed by atoms with Crippen LogP contribution in [0.2, 0.25) is 0 Å². The first-order chi connectivity index (χ1) is 8.87. The number of phenolic OH excluding ortho intramolecular Hbond substituents is 1. The van der Waals surface area contributed by atoms with Crippen LogP contribution < -0.4 is 5.73 Å². The number of nitrogens with two attached hydrogens (primary N) is 1. The van der Waals surface area contributed by atoms with E-state index in [9.17, 15) is 13.9 Å². The average Bonchev–Trinajstić information content (AvgIpc) is 2.31. The van der Waals surface area contributed by atoms with Gasteiger partial charge in [-0.15, -0.1) is 0 Å². The van der Waals surface area contributed by atoms with E-state index < -0.39 is 17.2 Å². The van der Waals surface area contributed by atoms with E-state index in [2.05, 4.69) is 0 Å². The molecular weight excluding hydrogens is 248 g/mol. The molecule has 0 saturated carbocycles. The maximum Gasteiger partial charge on any atom is 0.126 e. The van der Waals surface area contributed by atoms with Crippen molar-refractivity contribution < 1.29 is 13.9 Å². The molecule has 0 aliphatic carbocycles. The normalized spacial score (nSPS) is 14.1. The lowest BCUT2D eigenvalue weighted by Gasteiger charge is -2.25. The number of halogens is 2. The number of aromatic hydroxyl groups is 1. The molecular formula is C15H15F2NO. The first-order valence-electron chi connectivity index (χ1n) is 5.90. The molecule has 2 nitrogen and oxygen atoms in total. The largest absolute Gasteiger partial charge is 0.508 e. The van der Waals surface area contributed by atoms with Gasteiger partial charge in [-0.1, -0.05) is 12.1 Å². The monoisotopic (exact) mass is 263 g/mol. The fourth-order valence-corrected chi connectivity index (χ4v) is 2.02. The number of phenols is 1. The van der Waals surface area contributed by atoms with Gasteiger partial charge in [0.25, 0.3) is 0 Å². The third kappa shape index (κ3) is 3.29. The molecule has 0 aliphatic heterocycles. The molecule has 0 heterocycles. The second kappa shape index (κ2) is 4.97. The highest BCUT2D eigenvalue weighted by Gasteiger charge is 2.23. The third-order valence-corrected chi connectivity index (χ3v) is 3.03. The fraction of sp³-hybridized carbons (Fsp3) is 0.200. The highest BCUT2D eigenvalue weighted by atomic mass is 19.1. The van der Waals surface area contributed by atoms with E-state index in [0.29, 0.717) is 12.0 Å². The molecule has 2 rings (SSSR count). The lowest BCUT2D eigenvalue weighted by Crippen LogP contribution is -2.35. The van der Waals surface area contributed by atoms with Crippen LogP contribution in [0, 0.1) is 11.6 Å². The van der Waals surface area contributed by atoms with E-state index in [1.165, 1.54) is 12.1 Å². The van der Waals surface area contributed by atoms with Gasteiger partial charge in [-0.25, -0.2) is 8.78 Å². The van der Waals surface area contributed by atoms with Crippen LogP contribution in [0.25, 0.3) is 0 Å². The van der Waals surface area contributed by atoms with Crippen LogP contribution in [0.1, 0.15) is 18.1 Å². The van der Waals surface area contributed by atoms with Crippen molar-refractivity contribution in [3.05, 3.63) is 65.2 Å². The van der Waals surface area contributed by atoms with Crippen LogP contribution in [0.3, 0.4) is 0 Å². The van der Waals surface area contributed by atoms with Gasteiger partial charge in [0.1, 0.15) is 17.4 Å². The molecule has 3 N–H and O–H groups in total. The molecule has 2 aromatic carbocycles. The predicted octanol–water partition coefficient (Wildman–Crippen LogP) is 3.09. The topological polar surface area (TPSA) is 46.2 Å². The highest BCUT2D eigenvalue weighted by molar-refractivity contribution is 5.31. The van der Waals surface area contributed by atoms with E-state index in [4.69, 9.17) is 5.73 Å². The zero-order chi connectivity index (χ0) is 14.0. The van der Waals surface area contributed by atoms with Gasteiger partial charge in [0, 0.05) is 11.6 Å². The van der Waals surface area contributed by atoms with E-state index in [0.717, 1.165) is 11.6 Å². The summed E-state index contributed by atoms with van der Waals surface area (Å²) in [6.45, 7) is 1.72. The molecule has 2 aromatic rings. The Bertz CT molecular complexity index is 559. The van der Waals surface area contributed by atoms with Crippen LogP contribution in [0.15, 0.2) is 42.5 Å². The molecule has 0 fully saturated rings. The van der Waals surface area contributed by atoms with Crippen molar-refractivity contribution in [2.45, 2.75) is 18.9 Å². The number of hydrogen-bond donors (Lipinski definition) is 2. The summed E-state index contributed by atoms with van der Waals surface area (Å²) in [5.74, 6) is -1.12. The summed E-state index contributed by atoms with van der Waals surface area (Å²) < 4.78 is 26.4. The predicted molar refractivity (Wildman–Crippen MR) is 69.7 cm³/mol. The van der Waals surface area contributed by atoms with Crippen LogP contribution in [0.4, 0.5) is 8.78 Å². The molecule has 0 aromatic heterocycles. The average molecular weight is 263 g/mol. The Morgan fingerprint density at radius 3 is 2.11 bits per heavy atom. The molecule has 19 heavy (non-hydrogen) atoms. The van der Waals surface area contributed by atoms with Crippen molar-refractivity contribution in [1.82, 2.24) is 0 Å². The highest BCUT2D eigenvalue weighted by Crippen LogP contribution is 2.25. The van der Waals surface area contributed by atoms with Crippen molar-refractivity contribution in [2.24, 2.45) is 5.73 Å². The molecule has 4 heteroatoms. The Morgan fingerprint density at radius 1 is 1.05 bits per heavy atom. The molecule has 100 valence electrons. The Balaban J connectivity index is 2.28. The van der Waals surface area contributed by atoms with Gasteiger partial charge in [0.05, 0.1) is 0 Å². The van der Waals surface area contributed by atoms with Crippen LogP contribution in [-0.4, -0.2) is 5.11 Å². The van der Waals surface area contributed by atoms with Crippen molar-refractivity contribution in [2.75, 3.05) is 0 Å². The molecule has 0 aliphatic rings. The number of benzene rings is 2. The Morgan fingerprint density at radius 2 is 1.58 bits per heavy atom. The summed E-state index contributed by atoms with van der Waals surface area (Å²) in [6.07, 6.45) is 0.413. The molecule has 0 radical (unpaired) electrons. The second-order valence-electron chi connectivity index (χ2n) is 4.92. The van der Waals surface area contributed by atoms with Gasteiger partial charge in [0.15, 0.2) is 0 Å². The third-order valence-electron chi connectivity index (χ3n) is 3.03. The maximum atomic E-state index is 13.2. The SMILES string of the molecule is CC(N)(Cc1ccc(O)cc1)c1cc(F)cc(F)c1. The molecule has 0 bridgehead atoms. The van der Waals surface area contributed by atoms with E-state index in [-0.39, 0.29) is 5.75 Å². The van der Waals surface area contributed by atoms with Gasteiger partial charge in [-0.3, -0.25) is 0 Å². The van der Waals surface area contributed by atoms with Crippen molar-refractivity contribution in [3.8, 4) is 5.75 Å². The maximum absolute atomic E-state index is 13.2. The van der Waals surface area contributed by atoms with Gasteiger partial charge in [-0.2, -0.15) is 0 Å². The minimum absolute atomic E-state index is 0.166. The summed E-state index contributed by atoms with van der Waals surface area (Å²) in [6, 6.07) is 9.87. The smallest absolute Gasteiger partial charge is 0.126 e. The number of rotatable bonds is 3. The minimum Gasteiger partial charge on any atom is -0.508 e. The molecule has 0 spiro atoms. The van der Waals surface area contributed by atoms with Gasteiger partial charge in [0.2, 0.25) is 0 Å². The molecule has 0 saturated heterocycles. The minimum atomic E-state index is -0.889. The van der Waals surface area contributed by atoms with Crippen LogP contribution in [-0.2, 0) is 12.0 Å². The first-order valence-corrected chi connectivity index (χ1v) is 5.90. The van der Waals surface area contributed by atoms with Gasteiger partial charge >= 0.3 is 0 Å². The summed E-state index contributed by atoms with van der Waals surface area (Å²) in [4.78, 5) is 0. The fourth-order valence-electron chi connectivity index (χ4n) is 2.02. The summed E-state index contributed by atoms with van der Waals surface area (Å²) in [5.41, 5.74) is 6.54. The van der Waals surface area contributed by atoms with E-state index in [1.807, 2.05) is 0 Å². The molecule has 1 unspecified atom stereocenters.